The van der Waals surface area contributed by atoms with E-state index < -0.39 is 11.6 Å². The molecule has 2 heterocycles. The zero-order chi connectivity index (χ0) is 19.5. The van der Waals surface area contributed by atoms with E-state index in [1.807, 2.05) is 35.2 Å². The van der Waals surface area contributed by atoms with Gasteiger partial charge in [-0.25, -0.2) is 13.8 Å². The van der Waals surface area contributed by atoms with Crippen molar-refractivity contribution in [3.63, 3.8) is 0 Å². The number of nitrogens with one attached hydrogen (secondary N) is 2. The Kier molecular flexibility index (Phi) is 5.16. The molecule has 0 saturated heterocycles. The molecule has 7 heteroatoms. The van der Waals surface area contributed by atoms with E-state index in [-0.39, 0.29) is 5.56 Å². The molecule has 1 aromatic heterocycles. The van der Waals surface area contributed by atoms with Crippen LogP contribution in [0.15, 0.2) is 53.3 Å². The van der Waals surface area contributed by atoms with Gasteiger partial charge in [0.2, 0.25) is 5.95 Å². The smallest absolute Gasteiger partial charge is 0.257 e. The Labute approximate surface area is 161 Å². The minimum Gasteiger partial charge on any atom is -0.352 e. The van der Waals surface area contributed by atoms with E-state index >= 15 is 0 Å². The third kappa shape index (κ3) is 4.09. The van der Waals surface area contributed by atoms with Crippen LogP contribution in [0.5, 0.6) is 0 Å². The summed E-state index contributed by atoms with van der Waals surface area (Å²) in [5.74, 6) is -1.26. The molecule has 0 amide bonds. The van der Waals surface area contributed by atoms with Crippen molar-refractivity contribution in [2.24, 2.45) is 0 Å². The lowest BCUT2D eigenvalue weighted by atomic mass is 10.1. The van der Waals surface area contributed by atoms with Gasteiger partial charge < -0.3 is 5.32 Å². The molecule has 1 aliphatic heterocycles. The lowest BCUT2D eigenvalue weighted by molar-refractivity contribution is 0.241. The molecular weight excluding hydrogens is 362 g/mol. The maximum atomic E-state index is 13.4. The van der Waals surface area contributed by atoms with E-state index in [1.54, 1.807) is 6.07 Å². The Morgan fingerprint density at radius 1 is 1.07 bits per heavy atom. The first kappa shape index (κ1) is 18.3. The van der Waals surface area contributed by atoms with E-state index in [9.17, 15) is 13.6 Å². The van der Waals surface area contributed by atoms with E-state index in [0.717, 1.165) is 17.3 Å². The molecule has 0 atom stereocenters. The molecule has 0 spiro atoms. The third-order valence-electron chi connectivity index (χ3n) is 4.84. The highest BCUT2D eigenvalue weighted by atomic mass is 19.2. The van der Waals surface area contributed by atoms with Crippen LogP contribution in [-0.2, 0) is 26.1 Å². The quantitative estimate of drug-likeness (QED) is 0.711. The van der Waals surface area contributed by atoms with Crippen molar-refractivity contribution in [1.82, 2.24) is 14.9 Å². The van der Waals surface area contributed by atoms with Crippen LogP contribution in [0.2, 0.25) is 0 Å². The lowest BCUT2D eigenvalue weighted by Crippen LogP contribution is -2.35. The molecule has 2 N–H and O–H groups in total. The minimum atomic E-state index is -0.858. The summed E-state index contributed by atoms with van der Waals surface area (Å²) in [6.07, 6.45) is 0.628. The molecule has 0 fully saturated rings. The van der Waals surface area contributed by atoms with Crippen LogP contribution < -0.4 is 10.9 Å². The predicted octanol–water partition coefficient (Wildman–Crippen LogP) is 3.22. The number of aromatic nitrogens is 2. The maximum absolute atomic E-state index is 13.4. The predicted molar refractivity (Wildman–Crippen MR) is 103 cm³/mol. The van der Waals surface area contributed by atoms with Gasteiger partial charge in [0, 0.05) is 32.6 Å². The number of benzene rings is 2. The van der Waals surface area contributed by atoms with Crippen molar-refractivity contribution in [3.05, 3.63) is 92.9 Å². The monoisotopic (exact) mass is 382 g/mol. The number of nitrogens with zero attached hydrogens (tertiary/aromatic N) is 2. The SMILES string of the molecule is O=c1[nH]c(NCc2ccccc2)nc2c1CN(Cc1ccc(F)c(F)c1)CC2. The number of hydrogen-bond acceptors (Lipinski definition) is 4. The van der Waals surface area contributed by atoms with Crippen LogP contribution in [-0.4, -0.2) is 21.4 Å². The van der Waals surface area contributed by atoms with Gasteiger partial charge in [0.1, 0.15) is 0 Å². The first-order valence-electron chi connectivity index (χ1n) is 9.14. The summed E-state index contributed by atoms with van der Waals surface area (Å²) in [4.78, 5) is 21.9. The number of rotatable bonds is 5. The van der Waals surface area contributed by atoms with Gasteiger partial charge in [-0.15, -0.1) is 0 Å². The second kappa shape index (κ2) is 7.90. The molecule has 3 aromatic rings. The molecule has 144 valence electrons. The highest BCUT2D eigenvalue weighted by Gasteiger charge is 2.21. The van der Waals surface area contributed by atoms with Crippen LogP contribution >= 0.6 is 0 Å². The van der Waals surface area contributed by atoms with Crippen LogP contribution in [0.4, 0.5) is 14.7 Å². The maximum Gasteiger partial charge on any atom is 0.257 e. The van der Waals surface area contributed by atoms with E-state index in [4.69, 9.17) is 0 Å². The number of H-pyrrole nitrogens is 1. The topological polar surface area (TPSA) is 61.0 Å². The lowest BCUT2D eigenvalue weighted by Gasteiger charge is -2.27. The summed E-state index contributed by atoms with van der Waals surface area (Å²) in [5.41, 5.74) is 3.00. The fraction of sp³-hybridized carbons (Fsp3) is 0.238. The molecule has 2 aromatic carbocycles. The van der Waals surface area contributed by atoms with Crippen molar-refractivity contribution >= 4 is 5.95 Å². The summed E-state index contributed by atoms with van der Waals surface area (Å²) in [5, 5.41) is 3.16. The molecule has 0 bridgehead atoms. The summed E-state index contributed by atoms with van der Waals surface area (Å²) in [6, 6.07) is 13.8. The van der Waals surface area contributed by atoms with E-state index in [2.05, 4.69) is 15.3 Å². The van der Waals surface area contributed by atoms with Crippen LogP contribution in [0.3, 0.4) is 0 Å². The normalized spacial score (nSPS) is 13.9. The van der Waals surface area contributed by atoms with E-state index in [1.165, 1.54) is 6.07 Å². The fourth-order valence-corrected chi connectivity index (χ4v) is 3.38. The minimum absolute atomic E-state index is 0.171. The molecule has 0 aliphatic carbocycles. The zero-order valence-corrected chi connectivity index (χ0v) is 15.2. The van der Waals surface area contributed by atoms with Crippen LogP contribution in [0, 0.1) is 11.6 Å². The fourth-order valence-electron chi connectivity index (χ4n) is 3.38. The molecular formula is C21H20F2N4O. The van der Waals surface area contributed by atoms with Crippen LogP contribution in [0.1, 0.15) is 22.4 Å². The highest BCUT2D eigenvalue weighted by Crippen LogP contribution is 2.18. The summed E-state index contributed by atoms with van der Waals surface area (Å²) < 4.78 is 26.5. The summed E-state index contributed by atoms with van der Waals surface area (Å²) in [6.45, 7) is 2.14. The number of anilines is 1. The molecule has 28 heavy (non-hydrogen) atoms. The molecule has 0 radical (unpaired) electrons. The van der Waals surface area contributed by atoms with Crippen LogP contribution in [0.25, 0.3) is 0 Å². The molecule has 0 saturated carbocycles. The average Bonchev–Trinajstić information content (AvgIpc) is 2.70. The summed E-state index contributed by atoms with van der Waals surface area (Å²) in [7, 11) is 0. The molecule has 1 aliphatic rings. The van der Waals surface area contributed by atoms with Gasteiger partial charge in [0.05, 0.1) is 11.3 Å². The van der Waals surface area contributed by atoms with Crippen molar-refractivity contribution in [2.45, 2.75) is 26.1 Å². The van der Waals surface area contributed by atoms with Crippen molar-refractivity contribution in [2.75, 3.05) is 11.9 Å². The number of fused-ring (bicyclic) bond motifs is 1. The van der Waals surface area contributed by atoms with Gasteiger partial charge in [0.15, 0.2) is 11.6 Å². The standard InChI is InChI=1S/C21H20F2N4O/c22-17-7-6-15(10-18(17)23)12-27-9-8-19-16(13-27)20(28)26-21(25-19)24-11-14-4-2-1-3-5-14/h1-7,10H,8-9,11-13H2,(H2,24,25,26,28). The van der Waals surface area contributed by atoms with Crippen molar-refractivity contribution in [3.8, 4) is 0 Å². The van der Waals surface area contributed by atoms with Gasteiger partial charge in [-0.3, -0.25) is 14.7 Å². The Morgan fingerprint density at radius 3 is 2.68 bits per heavy atom. The average molecular weight is 382 g/mol. The second-order valence-electron chi connectivity index (χ2n) is 6.89. The molecule has 4 rings (SSSR count). The second-order valence-corrected chi connectivity index (χ2v) is 6.89. The molecule has 0 unspecified atom stereocenters. The zero-order valence-electron chi connectivity index (χ0n) is 15.2. The number of halogens is 2. The first-order valence-corrected chi connectivity index (χ1v) is 9.14. The first-order chi connectivity index (χ1) is 13.6. The Morgan fingerprint density at radius 2 is 1.89 bits per heavy atom. The highest BCUT2D eigenvalue weighted by molar-refractivity contribution is 5.32. The van der Waals surface area contributed by atoms with Crippen molar-refractivity contribution < 1.29 is 8.78 Å². The summed E-state index contributed by atoms with van der Waals surface area (Å²) >= 11 is 0. The number of hydrogen-bond donors (Lipinski definition) is 2. The van der Waals surface area contributed by atoms with Crippen molar-refractivity contribution in [1.29, 1.82) is 0 Å². The molecule has 5 nitrogen and oxygen atoms in total. The number of aromatic amines is 1. The van der Waals surface area contributed by atoms with Gasteiger partial charge in [-0.1, -0.05) is 36.4 Å². The largest absolute Gasteiger partial charge is 0.352 e. The third-order valence-corrected chi connectivity index (χ3v) is 4.84. The Hall–Kier alpha value is -3.06. The van der Waals surface area contributed by atoms with Gasteiger partial charge in [-0.05, 0) is 23.3 Å². The van der Waals surface area contributed by atoms with Gasteiger partial charge in [-0.2, -0.15) is 0 Å². The van der Waals surface area contributed by atoms with Gasteiger partial charge >= 0.3 is 0 Å². The Bertz CT molecular complexity index is 1040. The Balaban J connectivity index is 1.45. The van der Waals surface area contributed by atoms with Gasteiger partial charge in [0.25, 0.3) is 5.56 Å². The van der Waals surface area contributed by atoms with E-state index in [0.29, 0.717) is 49.7 Å².